The van der Waals surface area contributed by atoms with Gasteiger partial charge in [0.2, 0.25) is 0 Å². The van der Waals surface area contributed by atoms with E-state index in [4.69, 9.17) is 0 Å². The predicted molar refractivity (Wildman–Crippen MR) is 93.5 cm³/mol. The molecule has 0 fully saturated rings. The molecule has 0 spiro atoms. The molecule has 0 radical (unpaired) electrons. The number of sulfonamides is 1. The molecule has 5 nitrogen and oxygen atoms in total. The summed E-state index contributed by atoms with van der Waals surface area (Å²) < 4.78 is 31.6. The van der Waals surface area contributed by atoms with Gasteiger partial charge in [-0.3, -0.25) is 9.10 Å². The molecule has 0 aliphatic carbocycles. The maximum absolute atomic E-state index is 12.9. The lowest BCUT2D eigenvalue weighted by atomic mass is 10.0. The first-order chi connectivity index (χ1) is 11.4. The first-order valence-electron chi connectivity index (χ1n) is 7.61. The van der Waals surface area contributed by atoms with Gasteiger partial charge >= 0.3 is 5.97 Å². The Hall–Kier alpha value is -2.34. The van der Waals surface area contributed by atoms with Gasteiger partial charge in [-0.2, -0.15) is 0 Å². The van der Waals surface area contributed by atoms with Crippen molar-refractivity contribution in [2.45, 2.75) is 24.7 Å². The molecule has 128 valence electrons. The molecule has 0 saturated carbocycles. The number of carbonyl (C=O) groups is 1. The van der Waals surface area contributed by atoms with Crippen LogP contribution in [0.15, 0.2) is 59.5 Å². The number of anilines is 1. The Morgan fingerprint density at radius 1 is 1.04 bits per heavy atom. The van der Waals surface area contributed by atoms with Gasteiger partial charge in [-0.25, -0.2) is 8.42 Å². The molecule has 0 bridgehead atoms. The SMILES string of the molecule is COC(=O)CN(c1ccc(C(C)C)cc1)S(=O)(=O)c1ccccc1. The van der Waals surface area contributed by atoms with Crippen molar-refractivity contribution >= 4 is 21.7 Å². The van der Waals surface area contributed by atoms with Gasteiger partial charge in [0.25, 0.3) is 10.0 Å². The molecule has 2 aromatic rings. The zero-order chi connectivity index (χ0) is 17.7. The molecular formula is C18H21NO4S. The summed E-state index contributed by atoms with van der Waals surface area (Å²) >= 11 is 0. The molecule has 0 aromatic heterocycles. The monoisotopic (exact) mass is 347 g/mol. The van der Waals surface area contributed by atoms with Crippen LogP contribution in [0, 0.1) is 0 Å². The summed E-state index contributed by atoms with van der Waals surface area (Å²) in [6.07, 6.45) is 0. The van der Waals surface area contributed by atoms with E-state index in [-0.39, 0.29) is 11.4 Å². The maximum Gasteiger partial charge on any atom is 0.326 e. The number of esters is 1. The van der Waals surface area contributed by atoms with Crippen molar-refractivity contribution in [2.75, 3.05) is 18.0 Å². The molecule has 6 heteroatoms. The van der Waals surface area contributed by atoms with Crippen molar-refractivity contribution < 1.29 is 17.9 Å². The van der Waals surface area contributed by atoms with Crippen LogP contribution in [0.4, 0.5) is 5.69 Å². The average Bonchev–Trinajstić information content (AvgIpc) is 2.60. The third kappa shape index (κ3) is 3.94. The molecule has 2 aromatic carbocycles. The van der Waals surface area contributed by atoms with E-state index in [1.54, 1.807) is 30.3 Å². The molecule has 0 amide bonds. The summed E-state index contributed by atoms with van der Waals surface area (Å²) in [5.74, 6) is -0.290. The van der Waals surface area contributed by atoms with Crippen LogP contribution in [0.25, 0.3) is 0 Å². The lowest BCUT2D eigenvalue weighted by Gasteiger charge is -2.23. The van der Waals surface area contributed by atoms with E-state index in [2.05, 4.69) is 18.6 Å². The quantitative estimate of drug-likeness (QED) is 0.753. The van der Waals surface area contributed by atoms with Crippen molar-refractivity contribution in [3.05, 3.63) is 60.2 Å². The Morgan fingerprint density at radius 3 is 2.12 bits per heavy atom. The summed E-state index contributed by atoms with van der Waals surface area (Å²) in [4.78, 5) is 11.8. The van der Waals surface area contributed by atoms with Crippen LogP contribution >= 0.6 is 0 Å². The molecule has 0 atom stereocenters. The highest BCUT2D eigenvalue weighted by molar-refractivity contribution is 7.92. The van der Waals surface area contributed by atoms with Crippen LogP contribution in [0.3, 0.4) is 0 Å². The minimum absolute atomic E-state index is 0.127. The molecule has 0 heterocycles. The average molecular weight is 347 g/mol. The summed E-state index contributed by atoms with van der Waals surface area (Å²) in [7, 11) is -2.63. The number of hydrogen-bond donors (Lipinski definition) is 0. The highest BCUT2D eigenvalue weighted by Crippen LogP contribution is 2.25. The molecule has 24 heavy (non-hydrogen) atoms. The van der Waals surface area contributed by atoms with Crippen molar-refractivity contribution in [3.8, 4) is 0 Å². The summed E-state index contributed by atoms with van der Waals surface area (Å²) in [6, 6.07) is 15.2. The van der Waals surface area contributed by atoms with E-state index in [1.165, 1.54) is 19.2 Å². The van der Waals surface area contributed by atoms with Gasteiger partial charge in [-0.05, 0) is 35.7 Å². The highest BCUT2D eigenvalue weighted by Gasteiger charge is 2.27. The Morgan fingerprint density at radius 2 is 1.62 bits per heavy atom. The molecule has 0 saturated heterocycles. The number of hydrogen-bond acceptors (Lipinski definition) is 4. The standard InChI is InChI=1S/C18H21NO4S/c1-14(2)15-9-11-16(12-10-15)19(13-18(20)23-3)24(21,22)17-7-5-4-6-8-17/h4-12,14H,13H2,1-3H3. The predicted octanol–water partition coefficient (Wildman–Crippen LogP) is 3.18. The third-order valence-corrected chi connectivity index (χ3v) is 5.47. The number of benzene rings is 2. The van der Waals surface area contributed by atoms with E-state index < -0.39 is 16.0 Å². The van der Waals surface area contributed by atoms with Crippen molar-refractivity contribution in [2.24, 2.45) is 0 Å². The lowest BCUT2D eigenvalue weighted by molar-refractivity contribution is -0.138. The molecule has 0 aliphatic rings. The zero-order valence-corrected chi connectivity index (χ0v) is 14.8. The third-order valence-electron chi connectivity index (χ3n) is 3.68. The van der Waals surface area contributed by atoms with Crippen LogP contribution < -0.4 is 4.31 Å². The van der Waals surface area contributed by atoms with Gasteiger partial charge < -0.3 is 4.74 Å². The highest BCUT2D eigenvalue weighted by atomic mass is 32.2. The van der Waals surface area contributed by atoms with Crippen molar-refractivity contribution in [1.29, 1.82) is 0 Å². The van der Waals surface area contributed by atoms with Gasteiger partial charge in [-0.1, -0.05) is 44.2 Å². The zero-order valence-electron chi connectivity index (χ0n) is 14.0. The Bertz CT molecular complexity index is 784. The fourth-order valence-corrected chi connectivity index (χ4v) is 3.67. The number of ether oxygens (including phenoxy) is 1. The van der Waals surface area contributed by atoms with E-state index in [1.807, 2.05) is 12.1 Å². The second kappa shape index (κ2) is 7.49. The fraction of sp³-hybridized carbons (Fsp3) is 0.278. The van der Waals surface area contributed by atoms with Crippen LogP contribution in [0.5, 0.6) is 0 Å². The summed E-state index contributed by atoms with van der Waals surface area (Å²) in [6.45, 7) is 3.73. The van der Waals surface area contributed by atoms with E-state index in [0.29, 0.717) is 11.6 Å². The van der Waals surface area contributed by atoms with Gasteiger partial charge in [0, 0.05) is 0 Å². The smallest absolute Gasteiger partial charge is 0.326 e. The van der Waals surface area contributed by atoms with Crippen LogP contribution in [0.2, 0.25) is 0 Å². The van der Waals surface area contributed by atoms with Gasteiger partial charge in [-0.15, -0.1) is 0 Å². The van der Waals surface area contributed by atoms with E-state index in [9.17, 15) is 13.2 Å². The second-order valence-corrected chi connectivity index (χ2v) is 7.51. The van der Waals surface area contributed by atoms with Crippen LogP contribution in [-0.2, 0) is 19.6 Å². The normalized spacial score (nSPS) is 11.3. The van der Waals surface area contributed by atoms with E-state index in [0.717, 1.165) is 9.87 Å². The number of nitrogens with zero attached hydrogens (tertiary/aromatic N) is 1. The molecule has 0 N–H and O–H groups in total. The van der Waals surface area contributed by atoms with Crippen LogP contribution in [-0.4, -0.2) is 28.0 Å². The van der Waals surface area contributed by atoms with Gasteiger partial charge in [0.1, 0.15) is 6.54 Å². The Labute approximate surface area is 142 Å². The summed E-state index contributed by atoms with van der Waals surface area (Å²) in [5, 5.41) is 0. The maximum atomic E-state index is 12.9. The fourth-order valence-electron chi connectivity index (χ4n) is 2.24. The van der Waals surface area contributed by atoms with Gasteiger partial charge in [0.15, 0.2) is 0 Å². The minimum atomic E-state index is -3.86. The van der Waals surface area contributed by atoms with Crippen molar-refractivity contribution in [1.82, 2.24) is 0 Å². The van der Waals surface area contributed by atoms with Crippen molar-refractivity contribution in [3.63, 3.8) is 0 Å². The molecule has 0 unspecified atom stereocenters. The molecule has 0 aliphatic heterocycles. The topological polar surface area (TPSA) is 63.7 Å². The molecular weight excluding hydrogens is 326 g/mol. The number of methoxy groups -OCH3 is 1. The second-order valence-electron chi connectivity index (χ2n) is 5.65. The number of carbonyl (C=O) groups excluding carboxylic acids is 1. The van der Waals surface area contributed by atoms with E-state index >= 15 is 0 Å². The first-order valence-corrected chi connectivity index (χ1v) is 9.05. The first kappa shape index (κ1) is 18.0. The molecule has 2 rings (SSSR count). The Kier molecular flexibility index (Phi) is 5.62. The van der Waals surface area contributed by atoms with Crippen LogP contribution in [0.1, 0.15) is 25.3 Å². The summed E-state index contributed by atoms with van der Waals surface area (Å²) in [5.41, 5.74) is 1.52. The lowest BCUT2D eigenvalue weighted by Crippen LogP contribution is -2.36. The largest absolute Gasteiger partial charge is 0.468 e. The number of rotatable bonds is 6. The van der Waals surface area contributed by atoms with Gasteiger partial charge in [0.05, 0.1) is 17.7 Å². The Balaban J connectivity index is 2.47. The minimum Gasteiger partial charge on any atom is -0.468 e.